The van der Waals surface area contributed by atoms with Gasteiger partial charge in [0.15, 0.2) is 0 Å². The molecule has 0 spiro atoms. The van der Waals surface area contributed by atoms with Crippen molar-refractivity contribution in [1.82, 2.24) is 9.97 Å². The molecule has 1 aromatic carbocycles. The van der Waals surface area contributed by atoms with Crippen LogP contribution in [-0.2, 0) is 16.4 Å². The number of hydrogen-bond donors (Lipinski definition) is 3. The van der Waals surface area contributed by atoms with Gasteiger partial charge in [-0.2, -0.15) is 0 Å². The fourth-order valence-corrected chi connectivity index (χ4v) is 4.61. The van der Waals surface area contributed by atoms with Gasteiger partial charge in [0.25, 0.3) is 10.0 Å². The number of aromatic nitrogens is 2. The van der Waals surface area contributed by atoms with Crippen molar-refractivity contribution in [3.8, 4) is 0 Å². The number of thiophene rings is 1. The number of imidazole rings is 1. The first-order valence-electron chi connectivity index (χ1n) is 6.73. The Bertz CT molecular complexity index is 996. The SMILES string of the molecule is CCc1ccc(S(=O)(=O)Nc2cc3[nH]c(=O)[nH]c3cc2C)s1. The molecule has 0 saturated heterocycles. The zero-order valence-electron chi connectivity index (χ0n) is 12.1. The third kappa shape index (κ3) is 2.67. The predicted octanol–water partition coefficient (Wildman–Crippen LogP) is 2.59. The maximum Gasteiger partial charge on any atom is 0.323 e. The Morgan fingerprint density at radius 2 is 1.86 bits per heavy atom. The van der Waals surface area contributed by atoms with Crippen molar-refractivity contribution in [2.75, 3.05) is 4.72 Å². The van der Waals surface area contributed by atoms with Crippen LogP contribution in [0.4, 0.5) is 5.69 Å². The van der Waals surface area contributed by atoms with Gasteiger partial charge < -0.3 is 9.97 Å². The smallest absolute Gasteiger partial charge is 0.306 e. The molecule has 0 aliphatic heterocycles. The Hall–Kier alpha value is -2.06. The lowest BCUT2D eigenvalue weighted by Gasteiger charge is -2.09. The van der Waals surface area contributed by atoms with Gasteiger partial charge in [-0.3, -0.25) is 4.72 Å². The molecule has 2 aromatic heterocycles. The summed E-state index contributed by atoms with van der Waals surface area (Å²) in [5.41, 5.74) is 2.08. The van der Waals surface area contributed by atoms with E-state index >= 15 is 0 Å². The molecule has 0 fully saturated rings. The van der Waals surface area contributed by atoms with Gasteiger partial charge in [-0.25, -0.2) is 13.2 Å². The molecular formula is C14H15N3O3S2. The number of benzene rings is 1. The molecule has 0 aliphatic rings. The maximum atomic E-state index is 12.4. The fourth-order valence-electron chi connectivity index (χ4n) is 2.19. The molecule has 3 N–H and O–H groups in total. The maximum absolute atomic E-state index is 12.4. The number of hydrogen-bond acceptors (Lipinski definition) is 4. The molecule has 3 rings (SSSR count). The van der Waals surface area contributed by atoms with E-state index in [1.807, 2.05) is 13.0 Å². The Morgan fingerprint density at radius 3 is 2.50 bits per heavy atom. The summed E-state index contributed by atoms with van der Waals surface area (Å²) >= 11 is 1.26. The van der Waals surface area contributed by atoms with Gasteiger partial charge in [-0.15, -0.1) is 11.3 Å². The van der Waals surface area contributed by atoms with Gasteiger partial charge in [-0.05, 0) is 43.2 Å². The summed E-state index contributed by atoms with van der Waals surface area (Å²) in [5.74, 6) is 0. The zero-order valence-corrected chi connectivity index (χ0v) is 13.7. The van der Waals surface area contributed by atoms with Crippen LogP contribution in [0.15, 0.2) is 33.3 Å². The van der Waals surface area contributed by atoms with Crippen molar-refractivity contribution in [1.29, 1.82) is 0 Å². The summed E-state index contributed by atoms with van der Waals surface area (Å²) in [6.07, 6.45) is 0.801. The Kier molecular flexibility index (Phi) is 3.57. The first-order valence-corrected chi connectivity index (χ1v) is 9.03. The lowest BCUT2D eigenvalue weighted by atomic mass is 10.2. The molecule has 2 heterocycles. The normalized spacial score (nSPS) is 11.9. The molecule has 0 radical (unpaired) electrons. The lowest BCUT2D eigenvalue weighted by Crippen LogP contribution is -2.12. The minimum atomic E-state index is -3.62. The van der Waals surface area contributed by atoms with Crippen molar-refractivity contribution in [2.45, 2.75) is 24.5 Å². The first kappa shape index (κ1) is 14.9. The van der Waals surface area contributed by atoms with Crippen LogP contribution in [0.1, 0.15) is 17.4 Å². The van der Waals surface area contributed by atoms with E-state index in [4.69, 9.17) is 0 Å². The van der Waals surface area contributed by atoms with Crippen molar-refractivity contribution >= 4 is 38.1 Å². The summed E-state index contributed by atoms with van der Waals surface area (Å²) in [5, 5.41) is 0. The number of rotatable bonds is 4. The van der Waals surface area contributed by atoms with Crippen LogP contribution >= 0.6 is 11.3 Å². The monoisotopic (exact) mass is 337 g/mol. The summed E-state index contributed by atoms with van der Waals surface area (Å²) in [6.45, 7) is 3.77. The second-order valence-electron chi connectivity index (χ2n) is 4.97. The van der Waals surface area contributed by atoms with Crippen molar-refractivity contribution < 1.29 is 8.42 Å². The summed E-state index contributed by atoms with van der Waals surface area (Å²) in [7, 11) is -3.62. The van der Waals surface area contributed by atoms with Crippen LogP contribution in [-0.4, -0.2) is 18.4 Å². The number of sulfonamides is 1. The number of aryl methyl sites for hydroxylation is 2. The molecule has 0 atom stereocenters. The highest BCUT2D eigenvalue weighted by molar-refractivity contribution is 7.94. The second kappa shape index (κ2) is 5.29. The molecule has 8 heteroatoms. The quantitative estimate of drug-likeness (QED) is 0.683. The highest BCUT2D eigenvalue weighted by Crippen LogP contribution is 2.27. The molecule has 0 unspecified atom stereocenters. The average molecular weight is 337 g/mol. The number of H-pyrrole nitrogens is 2. The second-order valence-corrected chi connectivity index (χ2v) is 8.05. The van der Waals surface area contributed by atoms with E-state index in [9.17, 15) is 13.2 Å². The van der Waals surface area contributed by atoms with E-state index in [1.165, 1.54) is 11.3 Å². The van der Waals surface area contributed by atoms with Gasteiger partial charge in [0.05, 0.1) is 16.7 Å². The van der Waals surface area contributed by atoms with Crippen LogP contribution < -0.4 is 10.4 Å². The summed E-state index contributed by atoms with van der Waals surface area (Å²) in [4.78, 5) is 17.6. The van der Waals surface area contributed by atoms with E-state index in [1.54, 1.807) is 25.1 Å². The van der Waals surface area contributed by atoms with Gasteiger partial charge in [0.1, 0.15) is 4.21 Å². The summed E-state index contributed by atoms with van der Waals surface area (Å²) in [6, 6.07) is 6.78. The van der Waals surface area contributed by atoms with Crippen LogP contribution in [0.25, 0.3) is 11.0 Å². The number of nitrogens with one attached hydrogen (secondary N) is 3. The molecule has 0 bridgehead atoms. The van der Waals surface area contributed by atoms with Crippen LogP contribution in [0.3, 0.4) is 0 Å². The highest BCUT2D eigenvalue weighted by atomic mass is 32.2. The van der Waals surface area contributed by atoms with E-state index in [0.717, 1.165) is 16.9 Å². The van der Waals surface area contributed by atoms with E-state index in [2.05, 4.69) is 14.7 Å². The van der Waals surface area contributed by atoms with Crippen molar-refractivity contribution in [3.05, 3.63) is 45.2 Å². The minimum absolute atomic E-state index is 0.284. The predicted molar refractivity (Wildman–Crippen MR) is 88.2 cm³/mol. The van der Waals surface area contributed by atoms with Crippen molar-refractivity contribution in [2.24, 2.45) is 0 Å². The topological polar surface area (TPSA) is 94.8 Å². The highest BCUT2D eigenvalue weighted by Gasteiger charge is 2.18. The van der Waals surface area contributed by atoms with Crippen LogP contribution in [0, 0.1) is 6.92 Å². The van der Waals surface area contributed by atoms with Gasteiger partial charge in [0.2, 0.25) is 0 Å². The molecule has 116 valence electrons. The molecule has 0 amide bonds. The van der Waals surface area contributed by atoms with Crippen LogP contribution in [0.5, 0.6) is 0 Å². The molecule has 0 aliphatic carbocycles. The van der Waals surface area contributed by atoms with Crippen LogP contribution in [0.2, 0.25) is 0 Å². The largest absolute Gasteiger partial charge is 0.323 e. The Labute approximate surface area is 131 Å². The van der Waals surface area contributed by atoms with E-state index in [0.29, 0.717) is 16.7 Å². The van der Waals surface area contributed by atoms with Gasteiger partial charge >= 0.3 is 5.69 Å². The number of anilines is 1. The Morgan fingerprint density at radius 1 is 1.18 bits per heavy atom. The zero-order chi connectivity index (χ0) is 15.9. The minimum Gasteiger partial charge on any atom is -0.306 e. The number of aromatic amines is 2. The summed E-state index contributed by atoms with van der Waals surface area (Å²) < 4.78 is 27.8. The molecule has 0 saturated carbocycles. The van der Waals surface area contributed by atoms with Crippen molar-refractivity contribution in [3.63, 3.8) is 0 Å². The van der Waals surface area contributed by atoms with Gasteiger partial charge in [-0.1, -0.05) is 6.92 Å². The van der Waals surface area contributed by atoms with Gasteiger partial charge in [0, 0.05) is 4.88 Å². The average Bonchev–Trinajstić information content (AvgIpc) is 3.04. The van der Waals surface area contributed by atoms with E-state index in [-0.39, 0.29) is 9.90 Å². The molecule has 6 nitrogen and oxygen atoms in total. The Balaban J connectivity index is 2.01. The van der Waals surface area contributed by atoms with E-state index < -0.39 is 10.0 Å². The molecule has 3 aromatic rings. The standard InChI is InChI=1S/C14H15N3O3S2/c1-3-9-4-5-13(21-9)22(19,20)17-10-7-12-11(6-8(10)2)15-14(18)16-12/h4-7,17H,3H2,1-2H3,(H2,15,16,18). The third-order valence-corrected chi connectivity index (χ3v) is 6.44. The third-order valence-electron chi connectivity index (χ3n) is 3.36. The number of fused-ring (bicyclic) bond motifs is 1. The lowest BCUT2D eigenvalue weighted by molar-refractivity contribution is 0.603. The fraction of sp³-hybridized carbons (Fsp3) is 0.214. The molecule has 22 heavy (non-hydrogen) atoms. The molecular weight excluding hydrogens is 322 g/mol. The first-order chi connectivity index (χ1) is 10.4.